The number of pyridine rings is 1. The number of aromatic nitrogens is 1. The third kappa shape index (κ3) is 4.45. The third-order valence-corrected chi connectivity index (χ3v) is 4.74. The van der Waals surface area contributed by atoms with Crippen molar-refractivity contribution in [2.45, 2.75) is 19.9 Å². The summed E-state index contributed by atoms with van der Waals surface area (Å²) in [6, 6.07) is 19.4. The molecule has 30 heavy (non-hydrogen) atoms. The van der Waals surface area contributed by atoms with Crippen LogP contribution in [0.4, 0.5) is 11.4 Å². The molecule has 0 saturated heterocycles. The molecule has 0 aliphatic carbocycles. The van der Waals surface area contributed by atoms with E-state index in [4.69, 9.17) is 4.74 Å². The van der Waals surface area contributed by atoms with Crippen LogP contribution in [-0.4, -0.2) is 23.4 Å². The maximum Gasteiger partial charge on any atom is 0.281 e. The molecule has 0 aliphatic heterocycles. The summed E-state index contributed by atoms with van der Waals surface area (Å²) in [5.41, 5.74) is 2.56. The topological polar surface area (TPSA) is 100.0 Å². The molecule has 1 aromatic heterocycles. The van der Waals surface area contributed by atoms with Crippen molar-refractivity contribution < 1.29 is 9.84 Å². The van der Waals surface area contributed by atoms with E-state index in [1.54, 1.807) is 14.0 Å². The van der Waals surface area contributed by atoms with Gasteiger partial charge in [0.2, 0.25) is 5.88 Å². The van der Waals surface area contributed by atoms with Crippen molar-refractivity contribution in [3.05, 3.63) is 76.1 Å². The molecule has 3 aromatic rings. The summed E-state index contributed by atoms with van der Waals surface area (Å²) >= 11 is 0. The van der Waals surface area contributed by atoms with Gasteiger partial charge in [0, 0.05) is 25.8 Å². The molecule has 1 heterocycles. The number of rotatable bonds is 7. The Hall–Kier alpha value is -3.76. The molecule has 152 valence electrons. The van der Waals surface area contributed by atoms with Gasteiger partial charge in [0.25, 0.3) is 5.56 Å². The van der Waals surface area contributed by atoms with E-state index in [9.17, 15) is 15.2 Å². The van der Waals surface area contributed by atoms with E-state index in [2.05, 4.69) is 10.2 Å². The number of ether oxygens (including phenoxy) is 1. The molecular weight excluding hydrogens is 380 g/mol. The largest absolute Gasteiger partial charge is 0.493 e. The quantitative estimate of drug-likeness (QED) is 0.451. The average molecular weight is 402 g/mol. The minimum absolute atomic E-state index is 0.0143. The van der Waals surface area contributed by atoms with Gasteiger partial charge in [0.1, 0.15) is 11.6 Å². The van der Waals surface area contributed by atoms with E-state index in [0.717, 1.165) is 15.7 Å². The highest BCUT2D eigenvalue weighted by Gasteiger charge is 2.19. The van der Waals surface area contributed by atoms with Crippen molar-refractivity contribution in [1.29, 1.82) is 5.26 Å². The minimum Gasteiger partial charge on any atom is -0.493 e. The maximum absolute atomic E-state index is 12.8. The first-order chi connectivity index (χ1) is 14.6. The highest BCUT2D eigenvalue weighted by molar-refractivity contribution is 5.65. The van der Waals surface area contributed by atoms with E-state index in [0.29, 0.717) is 24.3 Å². The molecule has 0 radical (unpaired) electrons. The first-order valence-electron chi connectivity index (χ1n) is 9.49. The number of hydrogen-bond donors (Lipinski definition) is 1. The van der Waals surface area contributed by atoms with E-state index in [1.807, 2.05) is 60.7 Å². The highest BCUT2D eigenvalue weighted by atomic mass is 16.5. The molecule has 7 heteroatoms. The van der Waals surface area contributed by atoms with Gasteiger partial charge in [0.15, 0.2) is 5.69 Å². The molecule has 1 N–H and O–H groups in total. The van der Waals surface area contributed by atoms with Crippen LogP contribution in [0.25, 0.3) is 11.1 Å². The van der Waals surface area contributed by atoms with Crippen LogP contribution in [0.15, 0.2) is 69.6 Å². The van der Waals surface area contributed by atoms with Crippen molar-refractivity contribution in [3.8, 4) is 23.1 Å². The summed E-state index contributed by atoms with van der Waals surface area (Å²) in [5, 5.41) is 28.0. The van der Waals surface area contributed by atoms with Gasteiger partial charge in [-0.05, 0) is 36.6 Å². The number of nitriles is 1. The standard InChI is InChI=1S/C23H22N4O3/c1-16-20(15-24)22(28)27(13-6-14-30-2)23(29)21(16)26-25-19-11-9-18(10-12-19)17-7-4-3-5-8-17/h3-5,7-12,28H,6,13-14H2,1-2H3. The smallest absolute Gasteiger partial charge is 0.281 e. The lowest BCUT2D eigenvalue weighted by Crippen LogP contribution is -2.22. The van der Waals surface area contributed by atoms with Crippen LogP contribution >= 0.6 is 0 Å². The van der Waals surface area contributed by atoms with Crippen LogP contribution in [0, 0.1) is 18.3 Å². The molecule has 0 fully saturated rings. The Morgan fingerprint density at radius 2 is 1.73 bits per heavy atom. The number of benzene rings is 2. The van der Waals surface area contributed by atoms with E-state index in [-0.39, 0.29) is 23.7 Å². The average Bonchev–Trinajstić information content (AvgIpc) is 2.77. The zero-order chi connectivity index (χ0) is 21.5. The van der Waals surface area contributed by atoms with Gasteiger partial charge in [-0.25, -0.2) is 0 Å². The van der Waals surface area contributed by atoms with Gasteiger partial charge in [-0.2, -0.15) is 10.4 Å². The Balaban J connectivity index is 1.93. The van der Waals surface area contributed by atoms with Crippen LogP contribution in [0.3, 0.4) is 0 Å². The Bertz CT molecular complexity index is 1140. The van der Waals surface area contributed by atoms with Crippen LogP contribution < -0.4 is 5.56 Å². The summed E-state index contributed by atoms with van der Waals surface area (Å²) in [4.78, 5) is 12.8. The van der Waals surface area contributed by atoms with Gasteiger partial charge in [0.05, 0.1) is 5.69 Å². The van der Waals surface area contributed by atoms with Crippen LogP contribution in [0.2, 0.25) is 0 Å². The lowest BCUT2D eigenvalue weighted by Gasteiger charge is -2.12. The first-order valence-corrected chi connectivity index (χ1v) is 9.49. The Morgan fingerprint density at radius 3 is 2.37 bits per heavy atom. The second-order valence-corrected chi connectivity index (χ2v) is 6.70. The van der Waals surface area contributed by atoms with Crippen molar-refractivity contribution >= 4 is 11.4 Å². The number of azo groups is 1. The fourth-order valence-corrected chi connectivity index (χ4v) is 3.09. The van der Waals surface area contributed by atoms with Gasteiger partial charge < -0.3 is 9.84 Å². The normalized spacial score (nSPS) is 11.0. The van der Waals surface area contributed by atoms with Crippen molar-refractivity contribution in [3.63, 3.8) is 0 Å². The number of aromatic hydroxyl groups is 1. The maximum atomic E-state index is 12.8. The molecule has 0 amide bonds. The lowest BCUT2D eigenvalue weighted by molar-refractivity contribution is 0.188. The molecule has 2 aromatic carbocycles. The van der Waals surface area contributed by atoms with Crippen molar-refractivity contribution in [1.82, 2.24) is 4.57 Å². The summed E-state index contributed by atoms with van der Waals surface area (Å²) in [7, 11) is 1.56. The summed E-state index contributed by atoms with van der Waals surface area (Å²) < 4.78 is 6.13. The number of methoxy groups -OCH3 is 1. The van der Waals surface area contributed by atoms with E-state index >= 15 is 0 Å². The second kappa shape index (κ2) is 9.63. The lowest BCUT2D eigenvalue weighted by atomic mass is 10.1. The molecule has 0 spiro atoms. The predicted octanol–water partition coefficient (Wildman–Crippen LogP) is 4.85. The highest BCUT2D eigenvalue weighted by Crippen LogP contribution is 2.28. The van der Waals surface area contributed by atoms with Crippen molar-refractivity contribution in [2.24, 2.45) is 10.2 Å². The second-order valence-electron chi connectivity index (χ2n) is 6.70. The molecule has 3 rings (SSSR count). The number of nitrogens with zero attached hydrogens (tertiary/aromatic N) is 4. The fraction of sp³-hybridized carbons (Fsp3) is 0.217. The Morgan fingerprint density at radius 1 is 1.07 bits per heavy atom. The fourth-order valence-electron chi connectivity index (χ4n) is 3.09. The Labute approximate surface area is 174 Å². The monoisotopic (exact) mass is 402 g/mol. The van der Waals surface area contributed by atoms with E-state index in [1.165, 1.54) is 0 Å². The zero-order valence-electron chi connectivity index (χ0n) is 16.9. The summed E-state index contributed by atoms with van der Waals surface area (Å²) in [6.45, 7) is 2.21. The zero-order valence-corrected chi connectivity index (χ0v) is 16.9. The Kier molecular flexibility index (Phi) is 6.73. The van der Waals surface area contributed by atoms with Gasteiger partial charge >= 0.3 is 0 Å². The van der Waals surface area contributed by atoms with Gasteiger partial charge in [-0.15, -0.1) is 5.11 Å². The molecule has 0 unspecified atom stereocenters. The van der Waals surface area contributed by atoms with Crippen LogP contribution in [0.5, 0.6) is 5.88 Å². The van der Waals surface area contributed by atoms with Crippen LogP contribution in [0.1, 0.15) is 17.5 Å². The molecular formula is C23H22N4O3. The number of hydrogen-bond acceptors (Lipinski definition) is 6. The predicted molar refractivity (Wildman–Crippen MR) is 114 cm³/mol. The van der Waals surface area contributed by atoms with Gasteiger partial charge in [-0.1, -0.05) is 42.5 Å². The van der Waals surface area contributed by atoms with Crippen molar-refractivity contribution in [2.75, 3.05) is 13.7 Å². The summed E-state index contributed by atoms with van der Waals surface area (Å²) in [5.74, 6) is -0.359. The molecule has 0 aliphatic rings. The molecule has 0 bridgehead atoms. The van der Waals surface area contributed by atoms with E-state index < -0.39 is 5.56 Å². The van der Waals surface area contributed by atoms with Crippen LogP contribution in [-0.2, 0) is 11.3 Å². The third-order valence-electron chi connectivity index (χ3n) is 4.74. The first kappa shape index (κ1) is 21.0. The summed E-state index contributed by atoms with van der Waals surface area (Å²) in [6.07, 6.45) is 0.509. The molecule has 7 nitrogen and oxygen atoms in total. The molecule has 0 atom stereocenters. The molecule has 0 saturated carbocycles. The SMILES string of the molecule is COCCCn1c(O)c(C#N)c(C)c(N=Nc2ccc(-c3ccccc3)cc2)c1=O. The van der Waals surface area contributed by atoms with Gasteiger partial charge in [-0.3, -0.25) is 9.36 Å². The minimum atomic E-state index is -0.496.